The number of nitrogens with one attached hydrogen (secondary N) is 2. The second-order valence-corrected chi connectivity index (χ2v) is 6.28. The lowest BCUT2D eigenvalue weighted by molar-refractivity contribution is -0.274. The maximum Gasteiger partial charge on any atom is 0.573 e. The monoisotopic (exact) mass is 405 g/mol. The van der Waals surface area contributed by atoms with Crippen molar-refractivity contribution < 1.29 is 17.9 Å². The van der Waals surface area contributed by atoms with Crippen molar-refractivity contribution in [2.45, 2.75) is 26.4 Å². The number of benzene rings is 2. The van der Waals surface area contributed by atoms with E-state index in [9.17, 15) is 13.2 Å². The first-order valence-electron chi connectivity index (χ1n) is 9.13. The smallest absolute Gasteiger partial charge is 0.405 e. The Morgan fingerprint density at radius 2 is 1.83 bits per heavy atom. The van der Waals surface area contributed by atoms with Gasteiger partial charge in [0.2, 0.25) is 0 Å². The molecule has 0 aliphatic rings. The molecular formula is C20H22F3N5O. The van der Waals surface area contributed by atoms with Crippen LogP contribution in [-0.2, 0) is 20.1 Å². The number of aryl methyl sites for hydroxylation is 1. The van der Waals surface area contributed by atoms with E-state index >= 15 is 0 Å². The Bertz CT molecular complexity index is 997. The molecule has 3 aromatic rings. The van der Waals surface area contributed by atoms with Gasteiger partial charge in [-0.3, -0.25) is 0 Å². The Hall–Kier alpha value is -3.23. The lowest BCUT2D eigenvalue weighted by Crippen LogP contribution is -2.37. The highest BCUT2D eigenvalue weighted by Gasteiger charge is 2.31. The molecule has 2 N–H and O–H groups in total. The highest BCUT2D eigenvalue weighted by atomic mass is 19.4. The predicted molar refractivity (Wildman–Crippen MR) is 105 cm³/mol. The number of nitrogens with zero attached hydrogens (tertiary/aromatic N) is 3. The number of aromatic nitrogens is 2. The van der Waals surface area contributed by atoms with E-state index in [1.807, 2.05) is 42.8 Å². The van der Waals surface area contributed by atoms with Crippen LogP contribution in [0.15, 0.2) is 53.5 Å². The number of para-hydroxylation sites is 3. The van der Waals surface area contributed by atoms with E-state index in [1.165, 1.54) is 12.1 Å². The molecule has 0 spiro atoms. The molecule has 0 atom stereocenters. The number of rotatable bonds is 6. The molecule has 1 heterocycles. The van der Waals surface area contributed by atoms with E-state index in [0.29, 0.717) is 24.6 Å². The fourth-order valence-corrected chi connectivity index (χ4v) is 2.88. The number of imidazole rings is 1. The van der Waals surface area contributed by atoms with Gasteiger partial charge in [-0.05, 0) is 25.1 Å². The van der Waals surface area contributed by atoms with Crippen molar-refractivity contribution in [1.29, 1.82) is 0 Å². The van der Waals surface area contributed by atoms with E-state index in [1.54, 1.807) is 12.1 Å². The third-order valence-corrected chi connectivity index (χ3v) is 4.24. The van der Waals surface area contributed by atoms with Gasteiger partial charge in [0.25, 0.3) is 0 Å². The molecule has 9 heteroatoms. The predicted octanol–water partition coefficient (Wildman–Crippen LogP) is 3.73. The molecule has 2 aromatic carbocycles. The summed E-state index contributed by atoms with van der Waals surface area (Å²) in [6.07, 6.45) is -4.75. The van der Waals surface area contributed by atoms with Gasteiger partial charge in [-0.1, -0.05) is 30.3 Å². The van der Waals surface area contributed by atoms with E-state index in [4.69, 9.17) is 0 Å². The zero-order valence-electron chi connectivity index (χ0n) is 16.1. The first-order chi connectivity index (χ1) is 13.9. The highest BCUT2D eigenvalue weighted by molar-refractivity contribution is 5.80. The molecule has 29 heavy (non-hydrogen) atoms. The zero-order chi connectivity index (χ0) is 20.9. The first kappa shape index (κ1) is 20.5. The second kappa shape index (κ2) is 8.85. The van der Waals surface area contributed by atoms with Crippen LogP contribution in [0.2, 0.25) is 0 Å². The Balaban J connectivity index is 1.73. The number of halogens is 3. The van der Waals surface area contributed by atoms with E-state index in [2.05, 4.69) is 25.3 Å². The van der Waals surface area contributed by atoms with Crippen molar-refractivity contribution >= 4 is 17.0 Å². The Morgan fingerprint density at radius 3 is 2.55 bits per heavy atom. The minimum absolute atomic E-state index is 0.0319. The second-order valence-electron chi connectivity index (χ2n) is 6.28. The van der Waals surface area contributed by atoms with Gasteiger partial charge in [-0.15, -0.1) is 13.2 Å². The van der Waals surface area contributed by atoms with Crippen LogP contribution in [0, 0.1) is 0 Å². The van der Waals surface area contributed by atoms with Gasteiger partial charge in [0, 0.05) is 19.2 Å². The third-order valence-electron chi connectivity index (χ3n) is 4.24. The molecule has 0 radical (unpaired) electrons. The van der Waals surface area contributed by atoms with E-state index < -0.39 is 6.36 Å². The van der Waals surface area contributed by atoms with Crippen molar-refractivity contribution in [1.82, 2.24) is 20.2 Å². The van der Waals surface area contributed by atoms with Gasteiger partial charge in [0.1, 0.15) is 11.6 Å². The van der Waals surface area contributed by atoms with Gasteiger partial charge >= 0.3 is 6.36 Å². The summed E-state index contributed by atoms with van der Waals surface area (Å²) in [5.74, 6) is 1.04. The van der Waals surface area contributed by atoms with Gasteiger partial charge in [-0.2, -0.15) is 0 Å². The number of ether oxygens (including phenoxy) is 1. The van der Waals surface area contributed by atoms with Gasteiger partial charge in [0.05, 0.1) is 24.1 Å². The van der Waals surface area contributed by atoms with Crippen molar-refractivity contribution in [2.24, 2.45) is 12.0 Å². The van der Waals surface area contributed by atoms with Crippen LogP contribution in [0.25, 0.3) is 11.0 Å². The van der Waals surface area contributed by atoms with Crippen molar-refractivity contribution in [3.8, 4) is 5.75 Å². The molecule has 0 unspecified atom stereocenters. The summed E-state index contributed by atoms with van der Waals surface area (Å²) in [6, 6.07) is 13.8. The topological polar surface area (TPSA) is 63.5 Å². The summed E-state index contributed by atoms with van der Waals surface area (Å²) in [7, 11) is 1.93. The number of guanidine groups is 1. The summed E-state index contributed by atoms with van der Waals surface area (Å²) in [5.41, 5.74) is 2.25. The fourth-order valence-electron chi connectivity index (χ4n) is 2.88. The Labute approximate surface area is 166 Å². The quantitative estimate of drug-likeness (QED) is 0.485. The lowest BCUT2D eigenvalue weighted by Gasteiger charge is -2.14. The third kappa shape index (κ3) is 5.40. The number of hydrogen-bond donors (Lipinski definition) is 2. The first-order valence-corrected chi connectivity index (χ1v) is 9.13. The number of hydrogen-bond acceptors (Lipinski definition) is 3. The van der Waals surface area contributed by atoms with E-state index in [-0.39, 0.29) is 12.3 Å². The molecule has 0 aliphatic heterocycles. The molecule has 0 fully saturated rings. The Morgan fingerprint density at radius 1 is 1.10 bits per heavy atom. The average molecular weight is 405 g/mol. The summed E-state index contributed by atoms with van der Waals surface area (Å²) >= 11 is 0. The largest absolute Gasteiger partial charge is 0.573 e. The van der Waals surface area contributed by atoms with Gasteiger partial charge in [0.15, 0.2) is 5.96 Å². The molecule has 0 aliphatic carbocycles. The van der Waals surface area contributed by atoms with Crippen LogP contribution in [0.3, 0.4) is 0 Å². The number of alkyl halides is 3. The van der Waals surface area contributed by atoms with Gasteiger partial charge in [-0.25, -0.2) is 9.98 Å². The maximum absolute atomic E-state index is 12.6. The van der Waals surface area contributed by atoms with E-state index in [0.717, 1.165) is 16.9 Å². The van der Waals surface area contributed by atoms with Crippen molar-refractivity contribution in [2.75, 3.05) is 6.54 Å². The minimum Gasteiger partial charge on any atom is -0.405 e. The SMILES string of the molecule is CCNC(=NCc1ccccc1OC(F)(F)F)NCc1nc2ccccc2n1C. The Kier molecular flexibility index (Phi) is 6.26. The molecule has 0 bridgehead atoms. The van der Waals surface area contributed by atoms with Gasteiger partial charge < -0.3 is 19.9 Å². The number of aliphatic imine (C=N–C) groups is 1. The van der Waals surface area contributed by atoms with Crippen LogP contribution in [0.1, 0.15) is 18.3 Å². The summed E-state index contributed by atoms with van der Waals surface area (Å²) in [5, 5.41) is 6.25. The molecule has 3 rings (SSSR count). The molecule has 0 saturated heterocycles. The summed E-state index contributed by atoms with van der Waals surface area (Å²) in [4.78, 5) is 8.97. The standard InChI is InChI=1S/C20H22F3N5O/c1-3-24-19(25-12-14-8-4-7-11-17(14)29-20(21,22)23)26-13-18-27-15-9-5-6-10-16(15)28(18)2/h4-11H,3,12-13H2,1-2H3,(H2,24,25,26). The van der Waals surface area contributed by atoms with Crippen LogP contribution >= 0.6 is 0 Å². The molecular weight excluding hydrogens is 383 g/mol. The minimum atomic E-state index is -4.75. The fraction of sp³-hybridized carbons (Fsp3) is 0.300. The molecule has 154 valence electrons. The van der Waals surface area contributed by atoms with Crippen LogP contribution in [-0.4, -0.2) is 28.4 Å². The normalized spacial score (nSPS) is 12.2. The zero-order valence-corrected chi connectivity index (χ0v) is 16.1. The van der Waals surface area contributed by atoms with Crippen LogP contribution in [0.4, 0.5) is 13.2 Å². The number of fused-ring (bicyclic) bond motifs is 1. The van der Waals surface area contributed by atoms with Crippen LogP contribution in [0.5, 0.6) is 5.75 Å². The molecule has 6 nitrogen and oxygen atoms in total. The summed E-state index contributed by atoms with van der Waals surface area (Å²) < 4.78 is 43.8. The van der Waals surface area contributed by atoms with Crippen LogP contribution < -0.4 is 15.4 Å². The lowest BCUT2D eigenvalue weighted by atomic mass is 10.2. The average Bonchev–Trinajstić information content (AvgIpc) is 3.00. The maximum atomic E-state index is 12.6. The van der Waals surface area contributed by atoms with Crippen molar-refractivity contribution in [3.63, 3.8) is 0 Å². The highest BCUT2D eigenvalue weighted by Crippen LogP contribution is 2.26. The molecule has 0 amide bonds. The summed E-state index contributed by atoms with van der Waals surface area (Å²) in [6.45, 7) is 2.96. The van der Waals surface area contributed by atoms with Crippen molar-refractivity contribution in [3.05, 3.63) is 59.9 Å². The molecule has 1 aromatic heterocycles. The molecule has 0 saturated carbocycles.